The highest BCUT2D eigenvalue weighted by molar-refractivity contribution is 8.45. The molecule has 0 bridgehead atoms. The topological polar surface area (TPSA) is 0 Å². The van der Waals surface area contributed by atoms with Crippen LogP contribution in [-0.2, 0) is 0 Å². The lowest BCUT2D eigenvalue weighted by Crippen LogP contribution is -1.97. The minimum atomic E-state index is 0.775. The number of allylic oxidation sites excluding steroid dienone is 8. The Labute approximate surface area is 369 Å². The standard InChI is InChI=1S/C46H76S8/c1-33(2)17-13-21-37(9)25-29-47-41-42(48-30-26-38(10)22-14-18-34(3)4)52-45(51-41)46-53-43(49-31-27-39(11)23-15-19-35(5)6)44(54-46)50-32-28-40(12)24-16-20-36(7)8/h17-20,37-40H,13-16,21-32H2,1-12H3/t37-,38-,39-,40-/m0/s1. The number of hydrogen-bond acceptors (Lipinski definition) is 8. The third-order valence-electron chi connectivity index (χ3n) is 9.47. The van der Waals surface area contributed by atoms with Crippen molar-refractivity contribution >= 4 is 94.1 Å². The summed E-state index contributed by atoms with van der Waals surface area (Å²) in [7, 11) is 0. The van der Waals surface area contributed by atoms with Crippen molar-refractivity contribution in [2.45, 2.75) is 160 Å². The van der Waals surface area contributed by atoms with Crippen molar-refractivity contribution in [2.75, 3.05) is 23.0 Å². The SMILES string of the molecule is CC(C)=CCC[C@H](C)CCSC1=C(SCC[C@@H](C)CCC=C(C)C)SC(=C2SC(SCC[C@@H](C)CCC=C(C)C)=C(SCC[C@@H](C)CCC=C(C)C)S2)S1. The summed E-state index contributed by atoms with van der Waals surface area (Å²) >= 11 is 17.0. The van der Waals surface area contributed by atoms with Crippen LogP contribution in [0.3, 0.4) is 0 Å². The molecule has 0 saturated carbocycles. The monoisotopic (exact) mass is 884 g/mol. The molecule has 0 aromatic carbocycles. The normalized spacial score (nSPS) is 16.8. The summed E-state index contributed by atoms with van der Waals surface area (Å²) < 4.78 is 9.39. The molecule has 0 spiro atoms. The average Bonchev–Trinajstić information content (AvgIpc) is 3.68. The second-order valence-corrected chi connectivity index (χ2v) is 26.6. The fraction of sp³-hybridized carbons (Fsp3) is 0.696. The Balaban J connectivity index is 2.13. The van der Waals surface area contributed by atoms with E-state index in [2.05, 4.69) is 201 Å². The number of hydrogen-bond donors (Lipinski definition) is 0. The molecular weight excluding hydrogens is 809 g/mol. The molecule has 2 heterocycles. The third-order valence-corrected chi connectivity index (χ3v) is 21.2. The first-order valence-corrected chi connectivity index (χ1v) is 27.9. The maximum absolute atomic E-state index is 2.45. The van der Waals surface area contributed by atoms with Crippen molar-refractivity contribution in [3.8, 4) is 0 Å². The van der Waals surface area contributed by atoms with Crippen LogP contribution in [-0.4, -0.2) is 23.0 Å². The molecule has 2 aliphatic rings. The molecule has 0 saturated heterocycles. The fourth-order valence-electron chi connectivity index (χ4n) is 5.68. The zero-order valence-corrected chi connectivity index (χ0v) is 42.7. The van der Waals surface area contributed by atoms with Gasteiger partial charge in [-0.1, -0.05) is 121 Å². The summed E-state index contributed by atoms with van der Waals surface area (Å²) in [6.07, 6.45) is 24.9. The van der Waals surface area contributed by atoms with E-state index in [9.17, 15) is 0 Å². The van der Waals surface area contributed by atoms with Gasteiger partial charge >= 0.3 is 0 Å². The lowest BCUT2D eigenvalue weighted by molar-refractivity contribution is 0.525. The van der Waals surface area contributed by atoms with Gasteiger partial charge in [-0.2, -0.15) is 0 Å². The Bertz CT molecular complexity index is 1120. The van der Waals surface area contributed by atoms with E-state index in [0.717, 1.165) is 23.7 Å². The van der Waals surface area contributed by atoms with Gasteiger partial charge in [0.05, 0.1) is 25.4 Å². The first-order valence-electron chi connectivity index (χ1n) is 20.7. The van der Waals surface area contributed by atoms with E-state index in [-0.39, 0.29) is 0 Å². The Morgan fingerprint density at radius 3 is 0.759 bits per heavy atom. The molecule has 2 rings (SSSR count). The van der Waals surface area contributed by atoms with Crippen molar-refractivity contribution in [3.63, 3.8) is 0 Å². The van der Waals surface area contributed by atoms with Gasteiger partial charge in [0.15, 0.2) is 0 Å². The third kappa shape index (κ3) is 24.2. The van der Waals surface area contributed by atoms with Crippen LogP contribution < -0.4 is 0 Å². The molecule has 4 atom stereocenters. The molecule has 0 unspecified atom stereocenters. The first-order chi connectivity index (χ1) is 25.7. The van der Waals surface area contributed by atoms with Gasteiger partial charge < -0.3 is 0 Å². The highest BCUT2D eigenvalue weighted by atomic mass is 32.3. The smallest absolute Gasteiger partial charge is 0.0717 e. The lowest BCUT2D eigenvalue weighted by Gasteiger charge is -2.11. The van der Waals surface area contributed by atoms with E-state index in [4.69, 9.17) is 0 Å². The first kappa shape index (κ1) is 51.1. The van der Waals surface area contributed by atoms with Crippen molar-refractivity contribution in [2.24, 2.45) is 23.7 Å². The highest BCUT2D eigenvalue weighted by Crippen LogP contribution is 2.66. The molecule has 0 fully saturated rings. The van der Waals surface area contributed by atoms with Crippen LogP contribution in [0.25, 0.3) is 0 Å². The zero-order chi connectivity index (χ0) is 39.9. The molecule has 0 aliphatic carbocycles. The van der Waals surface area contributed by atoms with E-state index in [0.29, 0.717) is 0 Å². The van der Waals surface area contributed by atoms with E-state index in [1.807, 2.05) is 0 Å². The summed E-state index contributed by atoms with van der Waals surface area (Å²) in [4.78, 5) is 0. The van der Waals surface area contributed by atoms with Gasteiger partial charge in [0.1, 0.15) is 0 Å². The molecule has 0 nitrogen and oxygen atoms in total. The van der Waals surface area contributed by atoms with Crippen LogP contribution in [0.1, 0.15) is 160 Å². The molecule has 0 amide bonds. The number of thioether (sulfide) groups is 8. The zero-order valence-electron chi connectivity index (χ0n) is 36.2. The Hall–Kier alpha value is 0.980. The molecule has 0 N–H and O–H groups in total. The summed E-state index contributed by atoms with van der Waals surface area (Å²) in [5, 5.41) is 0. The Morgan fingerprint density at radius 2 is 0.574 bits per heavy atom. The molecule has 2 aliphatic heterocycles. The van der Waals surface area contributed by atoms with E-state index in [1.54, 1.807) is 25.4 Å². The quantitative estimate of drug-likeness (QED) is 0.0704. The fourth-order valence-corrected chi connectivity index (χ4v) is 18.6. The van der Waals surface area contributed by atoms with Crippen molar-refractivity contribution in [1.82, 2.24) is 0 Å². The molecular formula is C46H76S8. The van der Waals surface area contributed by atoms with Crippen LogP contribution in [0.2, 0.25) is 0 Å². The molecule has 54 heavy (non-hydrogen) atoms. The van der Waals surface area contributed by atoms with Crippen LogP contribution >= 0.6 is 94.1 Å². The molecule has 0 aromatic rings. The van der Waals surface area contributed by atoms with Gasteiger partial charge in [-0.3, -0.25) is 0 Å². The summed E-state index contributed by atoms with van der Waals surface area (Å²) in [5.74, 6) is 8.00. The Morgan fingerprint density at radius 1 is 0.370 bits per heavy atom. The maximum Gasteiger partial charge on any atom is 0.0717 e. The van der Waals surface area contributed by atoms with Gasteiger partial charge in [-0.05, 0) is 179 Å². The van der Waals surface area contributed by atoms with E-state index < -0.39 is 0 Å². The van der Waals surface area contributed by atoms with Crippen LogP contribution in [0.4, 0.5) is 0 Å². The average molecular weight is 886 g/mol. The summed E-state index contributed by atoms with van der Waals surface area (Å²) in [6, 6.07) is 0. The summed E-state index contributed by atoms with van der Waals surface area (Å²) in [6.45, 7) is 27.6. The van der Waals surface area contributed by atoms with Crippen LogP contribution in [0.15, 0.2) is 72.0 Å². The number of rotatable bonds is 28. The Kier molecular flexibility index (Phi) is 28.5. The van der Waals surface area contributed by atoms with Gasteiger partial charge in [0, 0.05) is 0 Å². The van der Waals surface area contributed by atoms with E-state index in [1.165, 1.54) is 122 Å². The molecule has 308 valence electrons. The molecule has 0 aromatic heterocycles. The molecule has 0 radical (unpaired) electrons. The van der Waals surface area contributed by atoms with Crippen LogP contribution in [0, 0.1) is 23.7 Å². The predicted molar refractivity (Wildman–Crippen MR) is 271 cm³/mol. The van der Waals surface area contributed by atoms with Gasteiger partial charge in [-0.25, -0.2) is 0 Å². The lowest BCUT2D eigenvalue weighted by atomic mass is 10.0. The van der Waals surface area contributed by atoms with Crippen molar-refractivity contribution in [1.29, 1.82) is 0 Å². The minimum Gasteiger partial charge on any atom is -0.117 e. The maximum atomic E-state index is 2.45. The van der Waals surface area contributed by atoms with Gasteiger partial charge in [0.25, 0.3) is 0 Å². The van der Waals surface area contributed by atoms with Gasteiger partial charge in [0.2, 0.25) is 0 Å². The summed E-state index contributed by atoms with van der Waals surface area (Å²) in [5.41, 5.74) is 5.79. The van der Waals surface area contributed by atoms with Crippen molar-refractivity contribution < 1.29 is 0 Å². The second-order valence-electron chi connectivity index (χ2n) is 16.5. The predicted octanol–water partition coefficient (Wildman–Crippen LogP) is 19.3. The second kappa shape index (κ2) is 30.1. The largest absolute Gasteiger partial charge is 0.117 e. The van der Waals surface area contributed by atoms with E-state index >= 15 is 0 Å². The van der Waals surface area contributed by atoms with Crippen LogP contribution in [0.5, 0.6) is 0 Å². The highest BCUT2D eigenvalue weighted by Gasteiger charge is 2.31. The van der Waals surface area contributed by atoms with Gasteiger partial charge in [-0.15, -0.1) is 47.0 Å². The molecule has 8 heteroatoms. The minimum absolute atomic E-state index is 0.775. The van der Waals surface area contributed by atoms with Crippen molar-refractivity contribution in [3.05, 3.63) is 72.0 Å².